The van der Waals surface area contributed by atoms with Gasteiger partial charge in [0.05, 0.1) is 6.04 Å². The van der Waals surface area contributed by atoms with Gasteiger partial charge in [-0.3, -0.25) is 9.80 Å². The van der Waals surface area contributed by atoms with Crippen molar-refractivity contribution in [1.29, 1.82) is 0 Å². The summed E-state index contributed by atoms with van der Waals surface area (Å²) in [4.78, 5) is 4.91. The molecule has 1 atom stereocenters. The molecular weight excluding hydrogens is 491 g/mol. The van der Waals surface area contributed by atoms with Gasteiger partial charge in [0.25, 0.3) is 0 Å². The lowest BCUT2D eigenvalue weighted by atomic mass is 9.86. The van der Waals surface area contributed by atoms with Crippen LogP contribution in [0.3, 0.4) is 0 Å². The predicted molar refractivity (Wildman–Crippen MR) is 154 cm³/mol. The van der Waals surface area contributed by atoms with Crippen molar-refractivity contribution in [2.24, 2.45) is 0 Å². The molecule has 4 rings (SSSR count). The van der Waals surface area contributed by atoms with Gasteiger partial charge in [-0.2, -0.15) is 0 Å². The Morgan fingerprint density at radius 1 is 0.750 bits per heavy atom. The summed E-state index contributed by atoms with van der Waals surface area (Å²) in [6.07, 6.45) is -0.515. The number of piperazine rings is 1. The molecule has 1 aliphatic heterocycles. The topological polar surface area (TPSA) is 35.9 Å². The summed E-state index contributed by atoms with van der Waals surface area (Å²) in [5.74, 6) is 0.868. The molecule has 1 saturated heterocycles. The van der Waals surface area contributed by atoms with E-state index in [0.717, 1.165) is 31.9 Å². The minimum absolute atomic E-state index is 0. The Morgan fingerprint density at radius 2 is 1.25 bits per heavy atom. The first kappa shape index (κ1) is 30.1. The second-order valence-electron chi connectivity index (χ2n) is 10.3. The van der Waals surface area contributed by atoms with Gasteiger partial charge in [0, 0.05) is 32.7 Å². The molecule has 1 aliphatic rings. The van der Waals surface area contributed by atoms with Crippen molar-refractivity contribution in [3.8, 4) is 5.75 Å². The third-order valence-electron chi connectivity index (χ3n) is 6.60. The van der Waals surface area contributed by atoms with Crippen LogP contribution in [0.15, 0.2) is 84.9 Å². The highest BCUT2D eigenvalue weighted by molar-refractivity contribution is 5.85. The van der Waals surface area contributed by atoms with E-state index in [9.17, 15) is 5.11 Å². The fourth-order valence-corrected chi connectivity index (χ4v) is 4.84. The van der Waals surface area contributed by atoms with Crippen molar-refractivity contribution in [2.45, 2.75) is 38.3 Å². The highest BCUT2D eigenvalue weighted by Gasteiger charge is 2.27. The van der Waals surface area contributed by atoms with Crippen LogP contribution in [0.4, 0.5) is 0 Å². The van der Waals surface area contributed by atoms with Gasteiger partial charge in [-0.1, -0.05) is 99.6 Å². The molecule has 4 nitrogen and oxygen atoms in total. The number of nitrogens with zero attached hydrogens (tertiary/aromatic N) is 2. The number of halogens is 2. The molecule has 6 heteroatoms. The highest BCUT2D eigenvalue weighted by atomic mass is 35.5. The molecule has 1 unspecified atom stereocenters. The van der Waals surface area contributed by atoms with Crippen LogP contribution in [0, 0.1) is 0 Å². The Hall–Kier alpha value is -2.08. The molecule has 1 heterocycles. The first-order valence-corrected chi connectivity index (χ1v) is 12.4. The van der Waals surface area contributed by atoms with E-state index in [2.05, 4.69) is 97.3 Å². The quantitative estimate of drug-likeness (QED) is 0.388. The Balaban J connectivity index is 0.00000228. The summed E-state index contributed by atoms with van der Waals surface area (Å²) in [5.41, 5.74) is 3.83. The lowest BCUT2D eigenvalue weighted by molar-refractivity contribution is 0.0397. The molecule has 0 saturated carbocycles. The van der Waals surface area contributed by atoms with Crippen molar-refractivity contribution in [3.05, 3.63) is 102 Å². The second-order valence-corrected chi connectivity index (χ2v) is 10.3. The maximum atomic E-state index is 10.7. The van der Waals surface area contributed by atoms with E-state index < -0.39 is 6.10 Å². The number of rotatable bonds is 8. The van der Waals surface area contributed by atoms with E-state index in [4.69, 9.17) is 4.74 Å². The molecule has 3 aromatic rings. The SMILES string of the molecule is CC(C)(C)c1ccccc1OCC(O)CN1CCN(C(c2ccccc2)c2ccccc2)CC1.Cl.Cl. The maximum Gasteiger partial charge on any atom is 0.123 e. The summed E-state index contributed by atoms with van der Waals surface area (Å²) in [6, 6.07) is 29.9. The highest BCUT2D eigenvalue weighted by Crippen LogP contribution is 2.31. The molecule has 0 amide bonds. The van der Waals surface area contributed by atoms with E-state index in [0.29, 0.717) is 13.2 Å². The standard InChI is InChI=1S/C30H38N2O2.2ClH/c1-30(2,3)27-16-10-11-17-28(27)34-23-26(33)22-31-18-20-32(21-19-31)29(24-12-6-4-7-13-24)25-14-8-5-9-15-25;;/h4-17,26,29,33H,18-23H2,1-3H3;2*1H. The van der Waals surface area contributed by atoms with Crippen molar-refractivity contribution < 1.29 is 9.84 Å². The average Bonchev–Trinajstić information content (AvgIpc) is 2.85. The number of aliphatic hydroxyl groups excluding tert-OH is 1. The molecule has 1 fully saturated rings. The van der Waals surface area contributed by atoms with Gasteiger partial charge in [0.1, 0.15) is 18.5 Å². The average molecular weight is 532 g/mol. The third kappa shape index (κ3) is 7.96. The number of hydrogen-bond donors (Lipinski definition) is 1. The van der Waals surface area contributed by atoms with Gasteiger partial charge in [-0.15, -0.1) is 24.8 Å². The van der Waals surface area contributed by atoms with Crippen molar-refractivity contribution >= 4 is 24.8 Å². The molecular formula is C30H40Cl2N2O2. The van der Waals surface area contributed by atoms with Gasteiger partial charge < -0.3 is 9.84 Å². The smallest absolute Gasteiger partial charge is 0.123 e. The summed E-state index contributed by atoms with van der Waals surface area (Å²) >= 11 is 0. The van der Waals surface area contributed by atoms with Gasteiger partial charge in [0.2, 0.25) is 0 Å². The Kier molecular flexibility index (Phi) is 11.7. The summed E-state index contributed by atoms with van der Waals surface area (Å²) in [5, 5.41) is 10.7. The van der Waals surface area contributed by atoms with Gasteiger partial charge in [0.15, 0.2) is 0 Å². The summed E-state index contributed by atoms with van der Waals surface area (Å²) in [6.45, 7) is 11.3. The molecule has 196 valence electrons. The fourth-order valence-electron chi connectivity index (χ4n) is 4.84. The van der Waals surface area contributed by atoms with Crippen LogP contribution in [0.5, 0.6) is 5.75 Å². The fraction of sp³-hybridized carbons (Fsp3) is 0.400. The number of benzene rings is 3. The van der Waals surface area contributed by atoms with Crippen LogP contribution in [0.2, 0.25) is 0 Å². The van der Waals surface area contributed by atoms with E-state index in [1.807, 2.05) is 18.2 Å². The van der Waals surface area contributed by atoms with Crippen LogP contribution >= 0.6 is 24.8 Å². The number of hydrogen-bond acceptors (Lipinski definition) is 4. The number of ether oxygens (including phenoxy) is 1. The largest absolute Gasteiger partial charge is 0.491 e. The van der Waals surface area contributed by atoms with E-state index in [1.165, 1.54) is 16.7 Å². The van der Waals surface area contributed by atoms with Crippen LogP contribution < -0.4 is 4.74 Å². The monoisotopic (exact) mass is 530 g/mol. The Morgan fingerprint density at radius 3 is 1.78 bits per heavy atom. The molecule has 0 spiro atoms. The van der Waals surface area contributed by atoms with E-state index in [-0.39, 0.29) is 36.3 Å². The zero-order valence-corrected chi connectivity index (χ0v) is 23.2. The van der Waals surface area contributed by atoms with Gasteiger partial charge >= 0.3 is 0 Å². The molecule has 0 aliphatic carbocycles. The lowest BCUT2D eigenvalue weighted by Crippen LogP contribution is -2.50. The number of aliphatic hydroxyl groups is 1. The maximum absolute atomic E-state index is 10.7. The van der Waals surface area contributed by atoms with Gasteiger partial charge in [-0.05, 0) is 28.2 Å². The molecule has 0 bridgehead atoms. The zero-order chi connectivity index (χ0) is 24.0. The summed E-state index contributed by atoms with van der Waals surface area (Å²) in [7, 11) is 0. The van der Waals surface area contributed by atoms with Crippen LogP contribution in [-0.2, 0) is 5.41 Å². The predicted octanol–water partition coefficient (Wildman–Crippen LogP) is 5.97. The summed E-state index contributed by atoms with van der Waals surface area (Å²) < 4.78 is 6.05. The molecule has 0 aromatic heterocycles. The van der Waals surface area contributed by atoms with Crippen LogP contribution in [0.25, 0.3) is 0 Å². The van der Waals surface area contributed by atoms with Crippen LogP contribution in [-0.4, -0.2) is 60.3 Å². The Bertz CT molecular complexity index is 980. The van der Waals surface area contributed by atoms with Crippen molar-refractivity contribution in [3.63, 3.8) is 0 Å². The van der Waals surface area contributed by atoms with E-state index >= 15 is 0 Å². The van der Waals surface area contributed by atoms with Gasteiger partial charge in [-0.25, -0.2) is 0 Å². The molecule has 3 aromatic carbocycles. The number of para-hydroxylation sites is 1. The van der Waals surface area contributed by atoms with Crippen LogP contribution in [0.1, 0.15) is 43.5 Å². The lowest BCUT2D eigenvalue weighted by Gasteiger charge is -2.40. The number of β-amino-alcohol motifs (C(OH)–C–C–N with tert-alkyl or cyclic N) is 1. The molecule has 36 heavy (non-hydrogen) atoms. The first-order chi connectivity index (χ1) is 16.4. The normalized spacial score (nSPS) is 15.6. The second kappa shape index (κ2) is 14.0. The zero-order valence-electron chi connectivity index (χ0n) is 21.5. The molecule has 1 N–H and O–H groups in total. The first-order valence-electron chi connectivity index (χ1n) is 12.4. The van der Waals surface area contributed by atoms with E-state index in [1.54, 1.807) is 0 Å². The minimum Gasteiger partial charge on any atom is -0.491 e. The molecule has 0 radical (unpaired) electrons. The minimum atomic E-state index is -0.515. The van der Waals surface area contributed by atoms with Crippen molar-refractivity contribution in [2.75, 3.05) is 39.3 Å². The van der Waals surface area contributed by atoms with Crippen molar-refractivity contribution in [1.82, 2.24) is 9.80 Å². The third-order valence-corrected chi connectivity index (χ3v) is 6.60. The Labute approximate surface area is 229 Å².